The van der Waals surface area contributed by atoms with Crippen LogP contribution in [-0.4, -0.2) is 79.2 Å². The lowest BCUT2D eigenvalue weighted by molar-refractivity contribution is 0.00250. The van der Waals surface area contributed by atoms with E-state index < -0.39 is 5.97 Å². The fourth-order valence-electron chi connectivity index (χ4n) is 4.93. The Morgan fingerprint density at radius 1 is 1.42 bits per heavy atom. The third-order valence-corrected chi connectivity index (χ3v) is 6.05. The zero-order chi connectivity index (χ0) is 18.5. The normalized spacial score (nSPS) is 32.2. The Bertz CT molecular complexity index is 720. The number of carbonyl (C=O) groups is 2. The van der Waals surface area contributed by atoms with Gasteiger partial charge in [-0.15, -0.1) is 0 Å². The van der Waals surface area contributed by atoms with Gasteiger partial charge < -0.3 is 19.3 Å². The average molecular weight is 359 g/mol. The van der Waals surface area contributed by atoms with Crippen molar-refractivity contribution in [1.29, 1.82) is 0 Å². The molecule has 26 heavy (non-hydrogen) atoms. The molecule has 0 radical (unpaired) electrons. The van der Waals surface area contributed by atoms with Crippen molar-refractivity contribution in [1.82, 2.24) is 14.8 Å². The summed E-state index contributed by atoms with van der Waals surface area (Å²) in [6.45, 7) is 2.34. The number of esters is 1. The van der Waals surface area contributed by atoms with Gasteiger partial charge in [-0.3, -0.25) is 9.78 Å². The molecule has 3 aliphatic rings. The highest BCUT2D eigenvalue weighted by Gasteiger charge is 2.63. The first kappa shape index (κ1) is 17.4. The number of methoxy groups -OCH3 is 1. The molecule has 1 spiro atoms. The molecule has 2 bridgehead atoms. The van der Waals surface area contributed by atoms with Crippen molar-refractivity contribution >= 4 is 11.9 Å². The van der Waals surface area contributed by atoms with E-state index >= 15 is 0 Å². The molecule has 3 aliphatic heterocycles. The third kappa shape index (κ3) is 2.70. The van der Waals surface area contributed by atoms with Crippen molar-refractivity contribution in [2.24, 2.45) is 11.8 Å². The van der Waals surface area contributed by atoms with Crippen molar-refractivity contribution in [3.63, 3.8) is 0 Å². The van der Waals surface area contributed by atoms with Crippen LogP contribution in [0.5, 0.6) is 0 Å². The summed E-state index contributed by atoms with van der Waals surface area (Å²) >= 11 is 0. The molecule has 1 aromatic heterocycles. The van der Waals surface area contributed by atoms with Gasteiger partial charge in [0.15, 0.2) is 0 Å². The second-order valence-corrected chi connectivity index (χ2v) is 7.90. The Morgan fingerprint density at radius 2 is 2.23 bits per heavy atom. The van der Waals surface area contributed by atoms with Crippen LogP contribution in [-0.2, 0) is 9.47 Å². The number of fused-ring (bicyclic) bond motifs is 1. The van der Waals surface area contributed by atoms with Crippen LogP contribution in [0.3, 0.4) is 0 Å². The first-order chi connectivity index (χ1) is 12.4. The maximum Gasteiger partial charge on any atom is 0.339 e. The zero-order valence-electron chi connectivity index (χ0n) is 15.5. The monoisotopic (exact) mass is 359 g/mol. The summed E-state index contributed by atoms with van der Waals surface area (Å²) in [4.78, 5) is 32.7. The van der Waals surface area contributed by atoms with Crippen molar-refractivity contribution in [3.05, 3.63) is 29.6 Å². The van der Waals surface area contributed by atoms with E-state index in [1.165, 1.54) is 13.3 Å². The zero-order valence-corrected chi connectivity index (χ0v) is 15.5. The second kappa shape index (κ2) is 6.32. The molecular formula is C19H25N3O4. The molecule has 140 valence electrons. The minimum absolute atomic E-state index is 0.0964. The SMILES string of the molecule is COC(=O)c1ccc(C(=O)N2C[C@H]3[C@@H](CN(C)C)[C@@H]4CC[C@@]3(C2)O4)nc1. The lowest BCUT2D eigenvalue weighted by Gasteiger charge is -2.30. The number of nitrogens with zero attached hydrogens (tertiary/aromatic N) is 3. The molecule has 3 saturated heterocycles. The summed E-state index contributed by atoms with van der Waals surface area (Å²) in [6, 6.07) is 3.17. The summed E-state index contributed by atoms with van der Waals surface area (Å²) in [6.07, 6.45) is 3.84. The van der Waals surface area contributed by atoms with Crippen molar-refractivity contribution in [3.8, 4) is 0 Å². The molecule has 0 saturated carbocycles. The van der Waals surface area contributed by atoms with Crippen LogP contribution in [0.15, 0.2) is 18.3 Å². The Kier molecular flexibility index (Phi) is 4.23. The quantitative estimate of drug-likeness (QED) is 0.749. The van der Waals surface area contributed by atoms with Gasteiger partial charge in [0.2, 0.25) is 0 Å². The van der Waals surface area contributed by atoms with Gasteiger partial charge in [-0.2, -0.15) is 0 Å². The van der Waals surface area contributed by atoms with Crippen LogP contribution >= 0.6 is 0 Å². The van der Waals surface area contributed by atoms with Gasteiger partial charge in [0.1, 0.15) is 5.69 Å². The fraction of sp³-hybridized carbons (Fsp3) is 0.632. The maximum atomic E-state index is 12.9. The predicted octanol–water partition coefficient (Wildman–Crippen LogP) is 1.05. The lowest BCUT2D eigenvalue weighted by Crippen LogP contribution is -2.40. The van der Waals surface area contributed by atoms with E-state index in [-0.39, 0.29) is 11.5 Å². The Morgan fingerprint density at radius 3 is 2.88 bits per heavy atom. The molecule has 4 atom stereocenters. The molecule has 0 aliphatic carbocycles. The third-order valence-electron chi connectivity index (χ3n) is 6.05. The van der Waals surface area contributed by atoms with E-state index in [4.69, 9.17) is 4.74 Å². The number of hydrogen-bond acceptors (Lipinski definition) is 6. The van der Waals surface area contributed by atoms with Crippen molar-refractivity contribution < 1.29 is 19.1 Å². The molecule has 7 heteroatoms. The number of hydrogen-bond donors (Lipinski definition) is 0. The van der Waals surface area contributed by atoms with Gasteiger partial charge in [0.25, 0.3) is 5.91 Å². The average Bonchev–Trinajstić information content (AvgIpc) is 3.30. The van der Waals surface area contributed by atoms with E-state index in [1.54, 1.807) is 12.1 Å². The molecule has 3 fully saturated rings. The van der Waals surface area contributed by atoms with E-state index in [1.807, 2.05) is 4.90 Å². The highest BCUT2D eigenvalue weighted by Crippen LogP contribution is 2.55. The van der Waals surface area contributed by atoms with Crippen molar-refractivity contribution in [2.45, 2.75) is 24.5 Å². The Hall–Kier alpha value is -1.99. The number of pyridine rings is 1. The molecule has 4 rings (SSSR count). The number of rotatable bonds is 4. The largest absolute Gasteiger partial charge is 0.465 e. The minimum atomic E-state index is -0.456. The standard InChI is InChI=1S/C19H25N3O4/c1-21(2)9-13-14-10-22(11-19(14)7-6-16(13)26-19)17(23)15-5-4-12(8-20-15)18(24)25-3/h4-5,8,13-14,16H,6-7,9-11H2,1-3H3/t13-,14+,16+,19+/m1/s1. The summed E-state index contributed by atoms with van der Waals surface area (Å²) in [7, 11) is 5.50. The molecule has 1 aromatic rings. The highest BCUT2D eigenvalue weighted by molar-refractivity contribution is 5.94. The van der Waals surface area contributed by atoms with Gasteiger partial charge in [-0.25, -0.2) is 4.79 Å². The van der Waals surface area contributed by atoms with E-state index in [2.05, 4.69) is 28.7 Å². The Labute approximate surface area is 153 Å². The number of likely N-dealkylation sites (tertiary alicyclic amines) is 1. The number of aromatic nitrogens is 1. The predicted molar refractivity (Wildman–Crippen MR) is 93.9 cm³/mol. The number of amides is 1. The summed E-state index contributed by atoms with van der Waals surface area (Å²) in [5.74, 6) is 0.317. The molecular weight excluding hydrogens is 334 g/mol. The number of carbonyl (C=O) groups excluding carboxylic acids is 2. The molecule has 4 heterocycles. The highest BCUT2D eigenvalue weighted by atomic mass is 16.5. The van der Waals surface area contributed by atoms with Crippen LogP contribution in [0.1, 0.15) is 33.7 Å². The first-order valence-corrected chi connectivity index (χ1v) is 9.10. The van der Waals surface area contributed by atoms with Crippen LogP contribution in [0.25, 0.3) is 0 Å². The summed E-state index contributed by atoms with van der Waals surface area (Å²) in [5, 5.41) is 0. The van der Waals surface area contributed by atoms with Crippen LogP contribution in [0.4, 0.5) is 0 Å². The summed E-state index contributed by atoms with van der Waals surface area (Å²) < 4.78 is 11.0. The second-order valence-electron chi connectivity index (χ2n) is 7.90. The number of ether oxygens (including phenoxy) is 2. The smallest absolute Gasteiger partial charge is 0.339 e. The van der Waals surface area contributed by atoms with Crippen LogP contribution < -0.4 is 0 Å². The molecule has 0 aromatic carbocycles. The molecule has 1 amide bonds. The van der Waals surface area contributed by atoms with Crippen LogP contribution in [0, 0.1) is 11.8 Å². The van der Waals surface area contributed by atoms with Crippen LogP contribution in [0.2, 0.25) is 0 Å². The molecule has 0 N–H and O–H groups in total. The Balaban J connectivity index is 1.50. The topological polar surface area (TPSA) is 72.0 Å². The summed E-state index contributed by atoms with van der Waals surface area (Å²) in [5.41, 5.74) is 0.522. The van der Waals surface area contributed by atoms with E-state index in [9.17, 15) is 9.59 Å². The van der Waals surface area contributed by atoms with E-state index in [0.29, 0.717) is 42.3 Å². The first-order valence-electron chi connectivity index (χ1n) is 9.10. The van der Waals surface area contributed by atoms with Gasteiger partial charge >= 0.3 is 5.97 Å². The molecule has 0 unspecified atom stereocenters. The van der Waals surface area contributed by atoms with Crippen molar-refractivity contribution in [2.75, 3.05) is 40.8 Å². The van der Waals surface area contributed by atoms with E-state index in [0.717, 1.165) is 19.4 Å². The van der Waals surface area contributed by atoms with Gasteiger partial charge in [-0.05, 0) is 39.1 Å². The molecule has 7 nitrogen and oxygen atoms in total. The van der Waals surface area contributed by atoms with Gasteiger partial charge in [-0.1, -0.05) is 0 Å². The lowest BCUT2D eigenvalue weighted by atomic mass is 9.73. The fourth-order valence-corrected chi connectivity index (χ4v) is 4.93. The van der Waals surface area contributed by atoms with Gasteiger partial charge in [0, 0.05) is 31.1 Å². The maximum absolute atomic E-state index is 12.9. The van der Waals surface area contributed by atoms with Gasteiger partial charge in [0.05, 0.1) is 30.9 Å². The minimum Gasteiger partial charge on any atom is -0.465 e.